The van der Waals surface area contributed by atoms with Gasteiger partial charge in [0.1, 0.15) is 12.4 Å². The summed E-state index contributed by atoms with van der Waals surface area (Å²) in [6, 6.07) is 4.61. The molecule has 0 fully saturated rings. The van der Waals surface area contributed by atoms with Gasteiger partial charge in [-0.05, 0) is 24.3 Å². The molecule has 0 atom stereocenters. The molecule has 2 rings (SSSR count). The van der Waals surface area contributed by atoms with Gasteiger partial charge in [-0.2, -0.15) is 13.2 Å². The van der Waals surface area contributed by atoms with Gasteiger partial charge in [0.2, 0.25) is 0 Å². The molecule has 3 nitrogen and oxygen atoms in total. The zero-order valence-corrected chi connectivity index (χ0v) is 9.61. The third-order valence-corrected chi connectivity index (χ3v) is 2.48. The molecule has 1 aromatic heterocycles. The Kier molecular flexibility index (Phi) is 3.27. The Balaban J connectivity index is 2.01. The quantitative estimate of drug-likeness (QED) is 0.844. The lowest BCUT2D eigenvalue weighted by molar-refractivity contribution is -0.137. The largest absolute Gasteiger partial charge is 0.487 e. The lowest BCUT2D eigenvalue weighted by Gasteiger charge is -2.09. The van der Waals surface area contributed by atoms with Gasteiger partial charge in [0.25, 0.3) is 0 Å². The second kappa shape index (κ2) is 4.72. The summed E-state index contributed by atoms with van der Waals surface area (Å²) in [5, 5.41) is 0. The summed E-state index contributed by atoms with van der Waals surface area (Å²) in [6.45, 7) is 0.266. The standard InChI is InChI=1S/C12H11F3N2O/c1-17-8-16-6-10(17)7-18-11-4-2-9(3-5-11)12(13,14)15/h2-6,8H,7H2,1H3. The van der Waals surface area contributed by atoms with E-state index in [1.165, 1.54) is 12.1 Å². The Morgan fingerprint density at radius 1 is 1.22 bits per heavy atom. The fourth-order valence-corrected chi connectivity index (χ4v) is 1.42. The van der Waals surface area contributed by atoms with Crippen molar-refractivity contribution in [1.29, 1.82) is 0 Å². The van der Waals surface area contributed by atoms with Crippen molar-refractivity contribution >= 4 is 0 Å². The number of hydrogen-bond donors (Lipinski definition) is 0. The van der Waals surface area contributed by atoms with Gasteiger partial charge in [-0.3, -0.25) is 0 Å². The molecular weight excluding hydrogens is 245 g/mol. The molecule has 0 saturated heterocycles. The summed E-state index contributed by atoms with van der Waals surface area (Å²) in [4.78, 5) is 3.91. The van der Waals surface area contributed by atoms with Gasteiger partial charge in [-0.15, -0.1) is 0 Å². The minimum Gasteiger partial charge on any atom is -0.487 e. The van der Waals surface area contributed by atoms with Gasteiger partial charge < -0.3 is 9.30 Å². The Morgan fingerprint density at radius 2 is 1.89 bits per heavy atom. The molecule has 0 aliphatic rings. The van der Waals surface area contributed by atoms with Gasteiger partial charge in [0, 0.05) is 7.05 Å². The number of ether oxygens (including phenoxy) is 1. The van der Waals surface area contributed by atoms with Crippen molar-refractivity contribution < 1.29 is 17.9 Å². The topological polar surface area (TPSA) is 27.1 Å². The first kappa shape index (κ1) is 12.5. The van der Waals surface area contributed by atoms with E-state index in [2.05, 4.69) is 4.98 Å². The second-order valence-electron chi connectivity index (χ2n) is 3.81. The average Bonchev–Trinajstić information content (AvgIpc) is 2.72. The van der Waals surface area contributed by atoms with E-state index in [0.29, 0.717) is 5.75 Å². The zero-order valence-electron chi connectivity index (χ0n) is 9.61. The van der Waals surface area contributed by atoms with Gasteiger partial charge in [-0.1, -0.05) is 0 Å². The highest BCUT2D eigenvalue weighted by Gasteiger charge is 2.29. The van der Waals surface area contributed by atoms with E-state index in [-0.39, 0.29) is 6.61 Å². The van der Waals surface area contributed by atoms with Crippen LogP contribution in [0.1, 0.15) is 11.3 Å². The van der Waals surface area contributed by atoms with Crippen LogP contribution in [0, 0.1) is 0 Å². The predicted octanol–water partition coefficient (Wildman–Crippen LogP) is 3.02. The minimum atomic E-state index is -4.32. The van der Waals surface area contributed by atoms with E-state index in [0.717, 1.165) is 17.8 Å². The third kappa shape index (κ3) is 2.82. The van der Waals surface area contributed by atoms with Gasteiger partial charge >= 0.3 is 6.18 Å². The first-order chi connectivity index (χ1) is 8.47. The van der Waals surface area contributed by atoms with E-state index in [9.17, 15) is 13.2 Å². The van der Waals surface area contributed by atoms with Crippen LogP contribution < -0.4 is 4.74 Å². The Labute approximate surface area is 102 Å². The summed E-state index contributed by atoms with van der Waals surface area (Å²) in [5.74, 6) is 0.393. The van der Waals surface area contributed by atoms with Crippen molar-refractivity contribution in [2.45, 2.75) is 12.8 Å². The molecule has 0 N–H and O–H groups in total. The highest BCUT2D eigenvalue weighted by atomic mass is 19.4. The van der Waals surface area contributed by atoms with Crippen LogP contribution >= 0.6 is 0 Å². The van der Waals surface area contributed by atoms with Crippen molar-refractivity contribution in [2.24, 2.45) is 7.05 Å². The monoisotopic (exact) mass is 256 g/mol. The van der Waals surface area contributed by atoms with Crippen LogP contribution in [0.25, 0.3) is 0 Å². The van der Waals surface area contributed by atoms with Crippen molar-refractivity contribution in [3.05, 3.63) is 48.0 Å². The predicted molar refractivity (Wildman–Crippen MR) is 59.0 cm³/mol. The van der Waals surface area contributed by atoms with Crippen molar-refractivity contribution in [2.75, 3.05) is 0 Å². The molecule has 0 aliphatic carbocycles. The van der Waals surface area contributed by atoms with E-state index < -0.39 is 11.7 Å². The average molecular weight is 256 g/mol. The summed E-state index contributed by atoms with van der Waals surface area (Å²) in [5.41, 5.74) is 0.158. The molecule has 0 aliphatic heterocycles. The molecule has 0 saturated carbocycles. The molecule has 96 valence electrons. The van der Waals surface area contributed by atoms with Crippen LogP contribution in [0.3, 0.4) is 0 Å². The number of alkyl halides is 3. The molecule has 0 bridgehead atoms. The third-order valence-electron chi connectivity index (χ3n) is 2.48. The summed E-state index contributed by atoms with van der Waals surface area (Å²) < 4.78 is 44.1. The Morgan fingerprint density at radius 3 is 2.39 bits per heavy atom. The number of aryl methyl sites for hydroxylation is 1. The smallest absolute Gasteiger partial charge is 0.416 e. The zero-order chi connectivity index (χ0) is 13.2. The number of hydrogen-bond acceptors (Lipinski definition) is 2. The van der Waals surface area contributed by atoms with Crippen molar-refractivity contribution in [1.82, 2.24) is 9.55 Å². The maximum absolute atomic E-state index is 12.3. The summed E-state index contributed by atoms with van der Waals surface area (Å²) in [6.07, 6.45) is -1.05. The van der Waals surface area contributed by atoms with Gasteiger partial charge in [0.05, 0.1) is 23.8 Å². The number of benzene rings is 1. The number of aromatic nitrogens is 2. The molecule has 1 heterocycles. The summed E-state index contributed by atoms with van der Waals surface area (Å²) in [7, 11) is 1.82. The fourth-order valence-electron chi connectivity index (χ4n) is 1.42. The first-order valence-electron chi connectivity index (χ1n) is 5.22. The van der Waals surface area contributed by atoms with Crippen LogP contribution in [0.15, 0.2) is 36.8 Å². The van der Waals surface area contributed by atoms with Crippen LogP contribution in [0.4, 0.5) is 13.2 Å². The second-order valence-corrected chi connectivity index (χ2v) is 3.81. The number of halogens is 3. The van der Waals surface area contributed by atoms with Crippen molar-refractivity contribution in [3.8, 4) is 5.75 Å². The first-order valence-corrected chi connectivity index (χ1v) is 5.22. The molecule has 0 spiro atoms. The minimum absolute atomic E-state index is 0.266. The van der Waals surface area contributed by atoms with E-state index in [4.69, 9.17) is 4.74 Å². The molecular formula is C12H11F3N2O. The molecule has 1 aromatic carbocycles. The Bertz CT molecular complexity index is 517. The van der Waals surface area contributed by atoms with Crippen LogP contribution in [-0.2, 0) is 19.8 Å². The van der Waals surface area contributed by atoms with Crippen LogP contribution in [-0.4, -0.2) is 9.55 Å². The van der Waals surface area contributed by atoms with Crippen LogP contribution in [0.2, 0.25) is 0 Å². The van der Waals surface area contributed by atoms with Gasteiger partial charge in [-0.25, -0.2) is 4.98 Å². The lowest BCUT2D eigenvalue weighted by Crippen LogP contribution is -2.05. The highest BCUT2D eigenvalue weighted by Crippen LogP contribution is 2.30. The van der Waals surface area contributed by atoms with Gasteiger partial charge in [0.15, 0.2) is 0 Å². The van der Waals surface area contributed by atoms with E-state index in [1.807, 2.05) is 7.05 Å². The SMILES string of the molecule is Cn1cncc1COc1ccc(C(F)(F)F)cc1. The lowest BCUT2D eigenvalue weighted by atomic mass is 10.2. The normalized spacial score (nSPS) is 11.6. The van der Waals surface area contributed by atoms with E-state index in [1.54, 1.807) is 17.1 Å². The number of imidazole rings is 1. The molecule has 6 heteroatoms. The summed E-state index contributed by atoms with van der Waals surface area (Å²) >= 11 is 0. The molecule has 2 aromatic rings. The Hall–Kier alpha value is -1.98. The highest BCUT2D eigenvalue weighted by molar-refractivity contribution is 5.28. The maximum atomic E-state index is 12.3. The fraction of sp³-hybridized carbons (Fsp3) is 0.250. The number of nitrogens with zero attached hydrogens (tertiary/aromatic N) is 2. The van der Waals surface area contributed by atoms with Crippen LogP contribution in [0.5, 0.6) is 5.75 Å². The molecule has 0 radical (unpaired) electrons. The van der Waals surface area contributed by atoms with Crippen molar-refractivity contribution in [3.63, 3.8) is 0 Å². The maximum Gasteiger partial charge on any atom is 0.416 e. The molecule has 18 heavy (non-hydrogen) atoms. The molecule has 0 amide bonds. The van der Waals surface area contributed by atoms with E-state index >= 15 is 0 Å². The number of rotatable bonds is 3. The molecule has 0 unspecified atom stereocenters.